The number of hydrogen-bond donors (Lipinski definition) is 0. The number of rotatable bonds is 2. The van der Waals surface area contributed by atoms with Gasteiger partial charge in [0.05, 0.1) is 4.90 Å². The average molecular weight is 246 g/mol. The number of benzene rings is 1. The molecule has 0 fully saturated rings. The second-order valence-corrected chi connectivity index (χ2v) is 5.30. The molecule has 78 valence electrons. The van der Waals surface area contributed by atoms with Crippen molar-refractivity contribution in [1.82, 2.24) is 4.98 Å². The number of carbonyl (C=O) groups is 1. The van der Waals surface area contributed by atoms with Crippen LogP contribution in [0.1, 0.15) is 10.7 Å². The maximum Gasteiger partial charge on any atom is 0.261 e. The number of oxazole rings is 1. The highest BCUT2D eigenvalue weighted by molar-refractivity contribution is 8.13. The summed E-state index contributed by atoms with van der Waals surface area (Å²) in [5, 5.41) is 0. The van der Waals surface area contributed by atoms with E-state index in [-0.39, 0.29) is 16.4 Å². The van der Waals surface area contributed by atoms with E-state index >= 15 is 0 Å². The largest absolute Gasteiger partial charge is 0.434 e. The Bertz CT molecular complexity index is 631. The normalized spacial score (nSPS) is 11.8. The summed E-state index contributed by atoms with van der Waals surface area (Å²) in [6.07, 6.45) is 0.439. The van der Waals surface area contributed by atoms with Gasteiger partial charge in [-0.15, -0.1) is 0 Å². The zero-order valence-electron chi connectivity index (χ0n) is 7.18. The van der Waals surface area contributed by atoms with Gasteiger partial charge in [-0.2, -0.15) is 0 Å². The predicted octanol–water partition coefficient (Wildman–Crippen LogP) is 1.57. The molecule has 0 amide bonds. The van der Waals surface area contributed by atoms with Crippen LogP contribution in [0.2, 0.25) is 0 Å². The first-order chi connectivity index (χ1) is 7.00. The zero-order valence-corrected chi connectivity index (χ0v) is 8.75. The Balaban J connectivity index is 2.71. The van der Waals surface area contributed by atoms with Gasteiger partial charge in [-0.1, -0.05) is 0 Å². The second kappa shape index (κ2) is 3.32. The molecule has 0 radical (unpaired) electrons. The Labute approximate surface area is 89.1 Å². The maximum absolute atomic E-state index is 11.0. The van der Waals surface area contributed by atoms with Crippen LogP contribution in [0.4, 0.5) is 0 Å². The summed E-state index contributed by atoms with van der Waals surface area (Å²) in [5.41, 5.74) is 0.611. The molecule has 0 atom stereocenters. The van der Waals surface area contributed by atoms with E-state index < -0.39 is 9.05 Å². The monoisotopic (exact) mass is 245 g/mol. The van der Waals surface area contributed by atoms with Gasteiger partial charge in [0, 0.05) is 16.7 Å². The van der Waals surface area contributed by atoms with Crippen molar-refractivity contribution in [3.05, 3.63) is 24.1 Å². The highest BCUT2D eigenvalue weighted by atomic mass is 35.7. The van der Waals surface area contributed by atoms with E-state index in [4.69, 9.17) is 15.1 Å². The minimum absolute atomic E-state index is 0.0923. The van der Waals surface area contributed by atoms with Gasteiger partial charge in [0.2, 0.25) is 6.29 Å². The summed E-state index contributed by atoms with van der Waals surface area (Å²) in [6, 6.07) is 3.93. The van der Waals surface area contributed by atoms with E-state index in [1.807, 2.05) is 0 Å². The first-order valence-electron chi connectivity index (χ1n) is 3.81. The van der Waals surface area contributed by atoms with Crippen molar-refractivity contribution in [2.24, 2.45) is 0 Å². The SMILES string of the molecule is O=Cc1nc2ccc(S(=O)(=O)Cl)cc2o1. The van der Waals surface area contributed by atoms with Crippen molar-refractivity contribution in [1.29, 1.82) is 0 Å². The van der Waals surface area contributed by atoms with Crippen LogP contribution in [0, 0.1) is 0 Å². The predicted molar refractivity (Wildman–Crippen MR) is 52.4 cm³/mol. The van der Waals surface area contributed by atoms with E-state index in [0.717, 1.165) is 0 Å². The zero-order chi connectivity index (χ0) is 11.1. The minimum atomic E-state index is -3.80. The molecule has 0 bridgehead atoms. The Morgan fingerprint density at radius 2 is 2.13 bits per heavy atom. The van der Waals surface area contributed by atoms with Crippen LogP contribution >= 0.6 is 10.7 Å². The van der Waals surface area contributed by atoms with E-state index in [9.17, 15) is 13.2 Å². The molecule has 7 heteroatoms. The third-order valence-corrected chi connectivity index (χ3v) is 3.11. The van der Waals surface area contributed by atoms with E-state index in [0.29, 0.717) is 11.8 Å². The first-order valence-corrected chi connectivity index (χ1v) is 6.12. The van der Waals surface area contributed by atoms with Gasteiger partial charge in [-0.05, 0) is 12.1 Å². The lowest BCUT2D eigenvalue weighted by molar-refractivity contribution is 0.109. The van der Waals surface area contributed by atoms with Gasteiger partial charge in [0.1, 0.15) is 5.52 Å². The van der Waals surface area contributed by atoms with Crippen LogP contribution in [-0.2, 0) is 9.05 Å². The third kappa shape index (κ3) is 1.86. The van der Waals surface area contributed by atoms with Gasteiger partial charge >= 0.3 is 0 Å². The van der Waals surface area contributed by atoms with E-state index in [1.165, 1.54) is 18.2 Å². The molecule has 1 aromatic heterocycles. The maximum atomic E-state index is 11.0. The molecule has 0 saturated heterocycles. The molecule has 1 heterocycles. The molecule has 0 N–H and O–H groups in total. The molecule has 0 aliphatic rings. The highest BCUT2D eigenvalue weighted by Gasteiger charge is 2.13. The number of carbonyl (C=O) groups excluding carboxylic acids is 1. The molecule has 0 aliphatic heterocycles. The minimum Gasteiger partial charge on any atom is -0.434 e. The first kappa shape index (κ1) is 10.1. The number of nitrogens with zero attached hydrogens (tertiary/aromatic N) is 1. The Morgan fingerprint density at radius 1 is 1.40 bits per heavy atom. The summed E-state index contributed by atoms with van der Waals surface area (Å²) in [7, 11) is 1.34. The summed E-state index contributed by atoms with van der Waals surface area (Å²) < 4.78 is 26.9. The lowest BCUT2D eigenvalue weighted by Crippen LogP contribution is -1.88. The van der Waals surface area contributed by atoms with Crippen LogP contribution in [0.3, 0.4) is 0 Å². The van der Waals surface area contributed by atoms with Crippen molar-refractivity contribution in [3.63, 3.8) is 0 Å². The summed E-state index contributed by atoms with van der Waals surface area (Å²) >= 11 is 0. The molecular formula is C8H4ClNO4S. The topological polar surface area (TPSA) is 77.2 Å². The molecule has 0 aliphatic carbocycles. The molecule has 0 unspecified atom stereocenters. The summed E-state index contributed by atoms with van der Waals surface area (Å²) in [5.74, 6) is -0.103. The Hall–Kier alpha value is -1.40. The fraction of sp³-hybridized carbons (Fsp3) is 0. The summed E-state index contributed by atoms with van der Waals surface area (Å²) in [4.78, 5) is 14.0. The van der Waals surface area contributed by atoms with Crippen molar-refractivity contribution in [2.75, 3.05) is 0 Å². The van der Waals surface area contributed by atoms with E-state index in [2.05, 4.69) is 4.98 Å². The lowest BCUT2D eigenvalue weighted by atomic mass is 10.3. The fourth-order valence-electron chi connectivity index (χ4n) is 1.12. The highest BCUT2D eigenvalue weighted by Crippen LogP contribution is 2.21. The molecule has 0 spiro atoms. The molecular weight excluding hydrogens is 242 g/mol. The van der Waals surface area contributed by atoms with Gasteiger partial charge in [0.15, 0.2) is 5.58 Å². The molecule has 0 saturated carbocycles. The van der Waals surface area contributed by atoms with Crippen LogP contribution in [-0.4, -0.2) is 19.7 Å². The number of fused-ring (bicyclic) bond motifs is 1. The average Bonchev–Trinajstić information content (AvgIpc) is 2.57. The number of hydrogen-bond acceptors (Lipinski definition) is 5. The third-order valence-electron chi connectivity index (χ3n) is 1.76. The summed E-state index contributed by atoms with van der Waals surface area (Å²) in [6.45, 7) is 0. The molecule has 15 heavy (non-hydrogen) atoms. The van der Waals surface area contributed by atoms with Crippen LogP contribution in [0.5, 0.6) is 0 Å². The quantitative estimate of drug-likeness (QED) is 0.593. The molecule has 1 aromatic carbocycles. The van der Waals surface area contributed by atoms with E-state index in [1.54, 1.807) is 0 Å². The van der Waals surface area contributed by atoms with Gasteiger partial charge < -0.3 is 4.42 Å². The number of aldehydes is 1. The number of halogens is 1. The molecule has 5 nitrogen and oxygen atoms in total. The van der Waals surface area contributed by atoms with Crippen molar-refractivity contribution < 1.29 is 17.6 Å². The van der Waals surface area contributed by atoms with Crippen molar-refractivity contribution in [3.8, 4) is 0 Å². The van der Waals surface area contributed by atoms with Crippen LogP contribution < -0.4 is 0 Å². The van der Waals surface area contributed by atoms with Crippen LogP contribution in [0.15, 0.2) is 27.5 Å². The van der Waals surface area contributed by atoms with Gasteiger partial charge in [-0.25, -0.2) is 13.4 Å². The molecule has 2 rings (SSSR count). The fourth-order valence-corrected chi connectivity index (χ4v) is 1.89. The molecule has 2 aromatic rings. The van der Waals surface area contributed by atoms with Crippen molar-refractivity contribution >= 4 is 37.1 Å². The lowest BCUT2D eigenvalue weighted by Gasteiger charge is -1.93. The second-order valence-electron chi connectivity index (χ2n) is 2.74. The Morgan fingerprint density at radius 3 is 2.73 bits per heavy atom. The number of aromatic nitrogens is 1. The smallest absolute Gasteiger partial charge is 0.261 e. The van der Waals surface area contributed by atoms with Gasteiger partial charge in [-0.3, -0.25) is 4.79 Å². The van der Waals surface area contributed by atoms with Gasteiger partial charge in [0.25, 0.3) is 14.9 Å². The standard InChI is InChI=1S/C8H4ClNO4S/c9-15(12,13)5-1-2-6-7(3-5)14-8(4-11)10-6/h1-4H. The Kier molecular flexibility index (Phi) is 2.24. The van der Waals surface area contributed by atoms with Crippen LogP contribution in [0.25, 0.3) is 11.1 Å². The van der Waals surface area contributed by atoms with Crippen molar-refractivity contribution in [2.45, 2.75) is 4.90 Å².